The summed E-state index contributed by atoms with van der Waals surface area (Å²) in [5.74, 6) is 0.338. The number of non-ortho nitro benzene ring substituents is 1. The van der Waals surface area contributed by atoms with Gasteiger partial charge in [-0.15, -0.1) is 11.3 Å². The fourth-order valence-electron chi connectivity index (χ4n) is 2.67. The van der Waals surface area contributed by atoms with Gasteiger partial charge in [0.25, 0.3) is 11.6 Å². The highest BCUT2D eigenvalue weighted by atomic mass is 32.2. The minimum Gasteiger partial charge on any atom is -0.468 e. The molecule has 0 saturated carbocycles. The van der Waals surface area contributed by atoms with Crippen LogP contribution in [0, 0.1) is 17.0 Å². The van der Waals surface area contributed by atoms with Gasteiger partial charge in [0, 0.05) is 34.6 Å². The first-order valence-corrected chi connectivity index (χ1v) is 10.4. The third kappa shape index (κ3) is 5.22. The summed E-state index contributed by atoms with van der Waals surface area (Å²) in [5.41, 5.74) is 0.997. The molecule has 3 aromatic rings. The molecular formula is C19H20N4O4S2. The van der Waals surface area contributed by atoms with E-state index in [1.807, 2.05) is 37.4 Å². The molecule has 3 rings (SSSR count). The van der Waals surface area contributed by atoms with Crippen molar-refractivity contribution in [3.8, 4) is 0 Å². The molecular weight excluding hydrogens is 412 g/mol. The lowest BCUT2D eigenvalue weighted by atomic mass is 10.1. The van der Waals surface area contributed by atoms with Crippen molar-refractivity contribution < 1.29 is 14.1 Å². The Hall–Kier alpha value is -2.69. The van der Waals surface area contributed by atoms with Gasteiger partial charge in [-0.1, -0.05) is 11.8 Å². The highest BCUT2D eigenvalue weighted by Crippen LogP contribution is 2.34. The maximum Gasteiger partial charge on any atom is 0.270 e. The van der Waals surface area contributed by atoms with Gasteiger partial charge >= 0.3 is 0 Å². The standard InChI is InChI=1S/C19H20N4O4S2/c1-12-11-28-19(21-12)29-17-7-6-13(23(25)26)9-14(17)18(24)20-10-15(22(2)3)16-5-4-8-27-16/h4-9,11,15H,10H2,1-3H3,(H,20,24)/t15-/m0/s1. The van der Waals surface area contributed by atoms with E-state index in [1.54, 1.807) is 18.4 Å². The number of hydrogen-bond acceptors (Lipinski definition) is 8. The van der Waals surface area contributed by atoms with E-state index in [0.29, 0.717) is 11.4 Å². The normalized spacial score (nSPS) is 12.1. The Kier molecular flexibility index (Phi) is 6.68. The zero-order chi connectivity index (χ0) is 21.0. The first kappa shape index (κ1) is 21.0. The smallest absolute Gasteiger partial charge is 0.270 e. The SMILES string of the molecule is Cc1csc(Sc2ccc([N+](=O)[O-])cc2C(=O)NC[C@@H](c2ccco2)N(C)C)n1. The number of aromatic nitrogens is 1. The molecule has 0 aliphatic rings. The monoisotopic (exact) mass is 432 g/mol. The number of nitrogens with one attached hydrogen (secondary N) is 1. The van der Waals surface area contributed by atoms with Gasteiger partial charge in [-0.05, 0) is 39.2 Å². The molecule has 0 unspecified atom stereocenters. The number of carbonyl (C=O) groups is 1. The summed E-state index contributed by atoms with van der Waals surface area (Å²) in [6.07, 6.45) is 1.58. The van der Waals surface area contributed by atoms with Gasteiger partial charge in [-0.2, -0.15) is 0 Å². The Bertz CT molecular complexity index is 1000. The van der Waals surface area contributed by atoms with Gasteiger partial charge < -0.3 is 9.73 Å². The molecule has 0 bridgehead atoms. The maximum atomic E-state index is 12.9. The number of hydrogen-bond donors (Lipinski definition) is 1. The number of nitro benzene ring substituents is 1. The average Bonchev–Trinajstić information content (AvgIpc) is 3.33. The van der Waals surface area contributed by atoms with Gasteiger partial charge in [0.15, 0.2) is 4.34 Å². The van der Waals surface area contributed by atoms with E-state index in [9.17, 15) is 14.9 Å². The number of amides is 1. The van der Waals surface area contributed by atoms with Crippen LogP contribution in [-0.2, 0) is 0 Å². The third-order valence-corrected chi connectivity index (χ3v) is 6.30. The lowest BCUT2D eigenvalue weighted by Crippen LogP contribution is -2.34. The number of rotatable bonds is 8. The molecule has 0 fully saturated rings. The van der Waals surface area contributed by atoms with E-state index in [1.165, 1.54) is 35.2 Å². The molecule has 1 atom stereocenters. The van der Waals surface area contributed by atoms with Gasteiger partial charge in [0.05, 0.1) is 22.8 Å². The van der Waals surface area contributed by atoms with Crippen molar-refractivity contribution in [1.82, 2.24) is 15.2 Å². The lowest BCUT2D eigenvalue weighted by molar-refractivity contribution is -0.384. The molecule has 10 heteroatoms. The van der Waals surface area contributed by atoms with Gasteiger partial charge in [-0.25, -0.2) is 4.98 Å². The Morgan fingerprint density at radius 3 is 2.79 bits per heavy atom. The third-order valence-electron chi connectivity index (χ3n) is 4.16. The van der Waals surface area contributed by atoms with Crippen LogP contribution in [-0.4, -0.2) is 41.4 Å². The summed E-state index contributed by atoms with van der Waals surface area (Å²) >= 11 is 2.78. The molecule has 152 valence electrons. The van der Waals surface area contributed by atoms with E-state index in [4.69, 9.17) is 4.42 Å². The number of carbonyl (C=O) groups excluding carboxylic acids is 1. The largest absolute Gasteiger partial charge is 0.468 e. The van der Waals surface area contributed by atoms with Gasteiger partial charge in [0.1, 0.15) is 5.76 Å². The molecule has 1 aromatic carbocycles. The Morgan fingerprint density at radius 2 is 2.21 bits per heavy atom. The Morgan fingerprint density at radius 1 is 1.41 bits per heavy atom. The average molecular weight is 433 g/mol. The first-order valence-electron chi connectivity index (χ1n) is 8.71. The van der Waals surface area contributed by atoms with Crippen molar-refractivity contribution in [2.75, 3.05) is 20.6 Å². The molecule has 8 nitrogen and oxygen atoms in total. The quantitative estimate of drug-likeness (QED) is 0.422. The van der Waals surface area contributed by atoms with Crippen LogP contribution in [0.2, 0.25) is 0 Å². The molecule has 0 radical (unpaired) electrons. The van der Waals surface area contributed by atoms with Crippen LogP contribution in [0.15, 0.2) is 55.6 Å². The van der Waals surface area contributed by atoms with Crippen molar-refractivity contribution in [3.63, 3.8) is 0 Å². The summed E-state index contributed by atoms with van der Waals surface area (Å²) in [7, 11) is 3.78. The fourth-order valence-corrected chi connectivity index (χ4v) is 4.58. The number of benzene rings is 1. The maximum absolute atomic E-state index is 12.9. The van der Waals surface area contributed by atoms with Crippen molar-refractivity contribution in [2.45, 2.75) is 22.2 Å². The topological polar surface area (TPSA) is 102 Å². The Balaban J connectivity index is 1.83. The van der Waals surface area contributed by atoms with Crippen molar-refractivity contribution in [3.05, 3.63) is 69.1 Å². The van der Waals surface area contributed by atoms with Crippen molar-refractivity contribution >= 4 is 34.7 Å². The number of likely N-dealkylation sites (N-methyl/N-ethyl adjacent to an activating group) is 1. The summed E-state index contributed by atoms with van der Waals surface area (Å²) in [4.78, 5) is 30.5. The summed E-state index contributed by atoms with van der Waals surface area (Å²) < 4.78 is 6.23. The second-order valence-electron chi connectivity index (χ2n) is 6.50. The zero-order valence-corrected chi connectivity index (χ0v) is 17.8. The van der Waals surface area contributed by atoms with Gasteiger partial charge in [-0.3, -0.25) is 19.8 Å². The molecule has 0 aliphatic carbocycles. The molecule has 29 heavy (non-hydrogen) atoms. The van der Waals surface area contributed by atoms with Crippen LogP contribution in [0.3, 0.4) is 0 Å². The first-order chi connectivity index (χ1) is 13.8. The van der Waals surface area contributed by atoms with E-state index in [-0.39, 0.29) is 23.2 Å². The molecule has 0 saturated heterocycles. The minimum atomic E-state index is -0.510. The second kappa shape index (κ2) is 9.21. The molecule has 2 heterocycles. The lowest BCUT2D eigenvalue weighted by Gasteiger charge is -2.22. The minimum absolute atomic E-state index is 0.134. The number of nitrogens with zero attached hydrogens (tertiary/aromatic N) is 3. The molecule has 1 amide bonds. The van der Waals surface area contributed by atoms with Crippen LogP contribution < -0.4 is 5.32 Å². The number of furan rings is 1. The van der Waals surface area contributed by atoms with Gasteiger partial charge in [0.2, 0.25) is 0 Å². The van der Waals surface area contributed by atoms with Crippen LogP contribution in [0.1, 0.15) is 27.9 Å². The Labute approximate surface area is 176 Å². The predicted octanol–water partition coefficient (Wildman–Crippen LogP) is 4.14. The number of nitro groups is 1. The molecule has 0 spiro atoms. The van der Waals surface area contributed by atoms with Crippen LogP contribution in [0.25, 0.3) is 0 Å². The second-order valence-corrected chi connectivity index (χ2v) is 8.65. The summed E-state index contributed by atoms with van der Waals surface area (Å²) in [6, 6.07) is 7.76. The van der Waals surface area contributed by atoms with Crippen LogP contribution in [0.4, 0.5) is 5.69 Å². The van der Waals surface area contributed by atoms with E-state index in [2.05, 4.69) is 10.3 Å². The number of thiazole rings is 1. The highest BCUT2D eigenvalue weighted by Gasteiger charge is 2.22. The molecule has 2 aromatic heterocycles. The molecule has 0 aliphatic heterocycles. The predicted molar refractivity (Wildman–Crippen MR) is 112 cm³/mol. The fraction of sp³-hybridized carbons (Fsp3) is 0.263. The van der Waals surface area contributed by atoms with E-state index >= 15 is 0 Å². The van der Waals surface area contributed by atoms with Crippen LogP contribution in [0.5, 0.6) is 0 Å². The zero-order valence-electron chi connectivity index (χ0n) is 16.1. The highest BCUT2D eigenvalue weighted by molar-refractivity contribution is 8.01. The van der Waals surface area contributed by atoms with E-state index < -0.39 is 4.92 Å². The summed E-state index contributed by atoms with van der Waals surface area (Å²) in [5, 5.41) is 16.0. The number of aryl methyl sites for hydroxylation is 1. The van der Waals surface area contributed by atoms with Crippen LogP contribution >= 0.6 is 23.1 Å². The van der Waals surface area contributed by atoms with E-state index in [0.717, 1.165) is 15.8 Å². The molecule has 1 N–H and O–H groups in total. The van der Waals surface area contributed by atoms with Crippen molar-refractivity contribution in [2.24, 2.45) is 0 Å². The summed E-state index contributed by atoms with van der Waals surface area (Å²) in [6.45, 7) is 2.18. The van der Waals surface area contributed by atoms with Crippen molar-refractivity contribution in [1.29, 1.82) is 0 Å².